The van der Waals surface area contributed by atoms with Gasteiger partial charge in [-0.05, 0) is 0 Å². The fraction of sp³-hybridized carbons (Fsp3) is 0.600. The summed E-state index contributed by atoms with van der Waals surface area (Å²) < 4.78 is 8.41. The molecule has 1 N–H and O–H groups in total. The first-order valence-electron chi connectivity index (χ1n) is 2.47. The first kappa shape index (κ1) is 8.90. The maximum Gasteiger partial charge on any atom is 0.346 e. The summed E-state index contributed by atoms with van der Waals surface area (Å²) in [6.07, 6.45) is -1.51. The largest absolute Gasteiger partial charge is 0.479 e. The number of carbonyl (C=O) groups is 2. The Labute approximate surface area is 57.5 Å². The van der Waals surface area contributed by atoms with Crippen molar-refractivity contribution >= 4 is 11.9 Å². The van der Waals surface area contributed by atoms with Crippen LogP contribution in [0.15, 0.2) is 0 Å². The fourth-order valence-corrected chi connectivity index (χ4v) is 0.405. The second-order valence-corrected chi connectivity index (χ2v) is 1.48. The van der Waals surface area contributed by atoms with E-state index in [1.54, 1.807) is 0 Å². The average Bonchev–Trinajstić information content (AvgIpc) is 1.88. The molecule has 0 amide bonds. The Bertz CT molecular complexity index is 141. The molecule has 0 saturated heterocycles. The minimum atomic E-state index is -1.51. The molecule has 0 bridgehead atoms. The minimum Gasteiger partial charge on any atom is -0.479 e. The van der Waals surface area contributed by atoms with E-state index in [-0.39, 0.29) is 0 Å². The van der Waals surface area contributed by atoms with E-state index < -0.39 is 18.0 Å². The molecule has 0 aliphatic carbocycles. The van der Waals surface area contributed by atoms with Crippen LogP contribution in [0.1, 0.15) is 0 Å². The molecule has 0 spiro atoms. The minimum absolute atomic E-state index is 0.907. The van der Waals surface area contributed by atoms with E-state index in [0.717, 1.165) is 14.2 Å². The number of carboxylic acids is 1. The summed E-state index contributed by atoms with van der Waals surface area (Å²) in [4.78, 5) is 20.6. The highest BCUT2D eigenvalue weighted by molar-refractivity contribution is 5.96. The molecule has 0 rings (SSSR count). The van der Waals surface area contributed by atoms with Gasteiger partial charge < -0.3 is 14.6 Å². The van der Waals surface area contributed by atoms with E-state index in [1.807, 2.05) is 0 Å². The predicted octanol–water partition coefficient (Wildman–Crippen LogP) is -0.741. The van der Waals surface area contributed by atoms with Crippen LogP contribution < -0.4 is 0 Å². The topological polar surface area (TPSA) is 72.8 Å². The molecular weight excluding hydrogens is 140 g/mol. The molecule has 0 heterocycles. The molecule has 0 aromatic carbocycles. The van der Waals surface area contributed by atoms with Gasteiger partial charge in [-0.3, -0.25) is 0 Å². The van der Waals surface area contributed by atoms with Crippen molar-refractivity contribution in [2.75, 3.05) is 14.2 Å². The summed E-state index contributed by atoms with van der Waals surface area (Å²) in [5.74, 6) is -2.26. The van der Waals surface area contributed by atoms with Crippen LogP contribution in [0.4, 0.5) is 0 Å². The molecule has 0 aromatic rings. The summed E-state index contributed by atoms with van der Waals surface area (Å²) in [5.41, 5.74) is 0. The molecule has 1 atom stereocenters. The Morgan fingerprint density at radius 1 is 1.40 bits per heavy atom. The Kier molecular flexibility index (Phi) is 3.42. The highest BCUT2D eigenvalue weighted by Crippen LogP contribution is 1.91. The third kappa shape index (κ3) is 2.02. The maximum absolute atomic E-state index is 10.5. The van der Waals surface area contributed by atoms with E-state index in [0.29, 0.717) is 0 Å². The molecule has 0 aliphatic rings. The summed E-state index contributed by atoms with van der Waals surface area (Å²) in [7, 11) is 2.22. The van der Waals surface area contributed by atoms with Crippen molar-refractivity contribution in [3.8, 4) is 0 Å². The lowest BCUT2D eigenvalue weighted by molar-refractivity contribution is -0.165. The molecule has 10 heavy (non-hydrogen) atoms. The summed E-state index contributed by atoms with van der Waals surface area (Å²) in [5, 5.41) is 8.25. The molecule has 0 aromatic heterocycles. The number of hydrogen-bond acceptors (Lipinski definition) is 4. The van der Waals surface area contributed by atoms with Crippen molar-refractivity contribution in [3.63, 3.8) is 0 Å². The van der Waals surface area contributed by atoms with Crippen LogP contribution >= 0.6 is 0 Å². The smallest absolute Gasteiger partial charge is 0.346 e. The molecule has 0 saturated carbocycles. The normalized spacial score (nSPS) is 12.2. The second-order valence-electron chi connectivity index (χ2n) is 1.48. The second kappa shape index (κ2) is 3.84. The Morgan fingerprint density at radius 2 is 1.90 bits per heavy atom. The number of hydrogen-bond donors (Lipinski definition) is 1. The first-order valence-corrected chi connectivity index (χ1v) is 2.47. The van der Waals surface area contributed by atoms with Crippen molar-refractivity contribution in [2.24, 2.45) is 0 Å². The van der Waals surface area contributed by atoms with Crippen LogP contribution in [0.25, 0.3) is 0 Å². The molecule has 5 nitrogen and oxygen atoms in total. The van der Waals surface area contributed by atoms with Gasteiger partial charge >= 0.3 is 11.9 Å². The van der Waals surface area contributed by atoms with Crippen molar-refractivity contribution in [1.29, 1.82) is 0 Å². The highest BCUT2D eigenvalue weighted by Gasteiger charge is 2.26. The maximum atomic E-state index is 10.5. The number of methoxy groups -OCH3 is 2. The number of rotatable bonds is 3. The van der Waals surface area contributed by atoms with E-state index in [9.17, 15) is 9.59 Å². The Morgan fingerprint density at radius 3 is 2.00 bits per heavy atom. The van der Waals surface area contributed by atoms with Gasteiger partial charge in [0.05, 0.1) is 7.11 Å². The third-order valence-electron chi connectivity index (χ3n) is 0.875. The zero-order valence-electron chi connectivity index (χ0n) is 5.66. The summed E-state index contributed by atoms with van der Waals surface area (Å²) in [6.45, 7) is 0. The molecule has 0 aliphatic heterocycles. The number of aliphatic carboxylic acids is 1. The van der Waals surface area contributed by atoms with Crippen LogP contribution in [-0.2, 0) is 19.1 Å². The van der Waals surface area contributed by atoms with Gasteiger partial charge in [0.15, 0.2) is 0 Å². The zero-order chi connectivity index (χ0) is 8.15. The number of ether oxygens (including phenoxy) is 2. The Hall–Kier alpha value is -1.10. The summed E-state index contributed by atoms with van der Waals surface area (Å²) >= 11 is 0. The first-order chi connectivity index (χ1) is 4.63. The fourth-order valence-electron chi connectivity index (χ4n) is 0.405. The van der Waals surface area contributed by atoms with Crippen LogP contribution in [-0.4, -0.2) is 37.4 Å². The predicted molar refractivity (Wildman–Crippen MR) is 30.4 cm³/mol. The standard InChI is InChI=1S/C5H8O5/c1-9-3(4(6)7)5(8)10-2/h3H,1-2H3,(H,6,7). The van der Waals surface area contributed by atoms with Gasteiger partial charge in [0.2, 0.25) is 0 Å². The van der Waals surface area contributed by atoms with Crippen LogP contribution in [0, 0.1) is 0 Å². The van der Waals surface area contributed by atoms with Gasteiger partial charge in [-0.15, -0.1) is 0 Å². The summed E-state index contributed by atoms with van der Waals surface area (Å²) in [6, 6.07) is 0. The number of carboxylic acid groups (broad SMARTS) is 1. The highest BCUT2D eigenvalue weighted by atomic mass is 16.6. The van der Waals surface area contributed by atoms with E-state index >= 15 is 0 Å². The van der Waals surface area contributed by atoms with Crippen LogP contribution in [0.2, 0.25) is 0 Å². The van der Waals surface area contributed by atoms with Gasteiger partial charge in [-0.2, -0.15) is 0 Å². The Balaban J connectivity index is 4.06. The van der Waals surface area contributed by atoms with Crippen LogP contribution in [0.5, 0.6) is 0 Å². The average molecular weight is 148 g/mol. The van der Waals surface area contributed by atoms with E-state index in [1.165, 1.54) is 0 Å². The van der Waals surface area contributed by atoms with Gasteiger partial charge in [0, 0.05) is 7.11 Å². The van der Waals surface area contributed by atoms with Crippen LogP contribution in [0.3, 0.4) is 0 Å². The lowest BCUT2D eigenvalue weighted by Gasteiger charge is -2.05. The molecule has 0 radical (unpaired) electrons. The molecular formula is C5H8O5. The van der Waals surface area contributed by atoms with Gasteiger partial charge in [-0.25, -0.2) is 9.59 Å². The lowest BCUT2D eigenvalue weighted by atomic mass is 10.4. The molecule has 1 unspecified atom stereocenters. The third-order valence-corrected chi connectivity index (χ3v) is 0.875. The molecule has 58 valence electrons. The van der Waals surface area contributed by atoms with Crippen molar-refractivity contribution in [3.05, 3.63) is 0 Å². The van der Waals surface area contributed by atoms with Crippen molar-refractivity contribution in [1.82, 2.24) is 0 Å². The number of esters is 1. The zero-order valence-corrected chi connectivity index (χ0v) is 5.66. The SMILES string of the molecule is COC(=O)C(OC)C(=O)O. The quantitative estimate of drug-likeness (QED) is 0.421. The number of carbonyl (C=O) groups excluding carboxylic acids is 1. The lowest BCUT2D eigenvalue weighted by Crippen LogP contribution is -2.32. The van der Waals surface area contributed by atoms with E-state index in [4.69, 9.17) is 5.11 Å². The molecule has 5 heteroatoms. The molecule has 0 fully saturated rings. The monoisotopic (exact) mass is 148 g/mol. The van der Waals surface area contributed by atoms with Gasteiger partial charge in [-0.1, -0.05) is 0 Å². The van der Waals surface area contributed by atoms with Gasteiger partial charge in [0.25, 0.3) is 6.10 Å². The van der Waals surface area contributed by atoms with Crippen molar-refractivity contribution < 1.29 is 24.2 Å². The van der Waals surface area contributed by atoms with Crippen molar-refractivity contribution in [2.45, 2.75) is 6.10 Å². The van der Waals surface area contributed by atoms with Gasteiger partial charge in [0.1, 0.15) is 0 Å². The van der Waals surface area contributed by atoms with E-state index in [2.05, 4.69) is 9.47 Å².